The van der Waals surface area contributed by atoms with Gasteiger partial charge in [0.2, 0.25) is 5.91 Å². The number of thioether (sulfide) groups is 1. The zero-order chi connectivity index (χ0) is 12.5. The lowest BCUT2D eigenvalue weighted by molar-refractivity contribution is -0.131. The van der Waals surface area contributed by atoms with Gasteiger partial charge >= 0.3 is 0 Å². The van der Waals surface area contributed by atoms with Crippen molar-refractivity contribution in [1.82, 2.24) is 4.90 Å². The smallest absolute Gasteiger partial charge is 0.236 e. The molecule has 0 saturated carbocycles. The SMILES string of the molecule is Cl.NCC1CCCN1C(=O)C1Cc2ccccc2S1. The van der Waals surface area contributed by atoms with Crippen LogP contribution in [0.1, 0.15) is 18.4 Å². The number of hydrogen-bond donors (Lipinski definition) is 1. The first-order chi connectivity index (χ1) is 8.79. The van der Waals surface area contributed by atoms with E-state index in [4.69, 9.17) is 5.73 Å². The molecule has 2 N–H and O–H groups in total. The molecule has 2 aliphatic rings. The van der Waals surface area contributed by atoms with E-state index >= 15 is 0 Å². The summed E-state index contributed by atoms with van der Waals surface area (Å²) in [4.78, 5) is 15.8. The van der Waals surface area contributed by atoms with E-state index in [1.807, 2.05) is 17.0 Å². The number of likely N-dealkylation sites (tertiary alicyclic amines) is 1. The summed E-state index contributed by atoms with van der Waals surface area (Å²) in [6, 6.07) is 8.58. The number of benzene rings is 1. The molecule has 2 unspecified atom stereocenters. The standard InChI is InChI=1S/C14H18N2OS.ClH/c15-9-11-5-3-7-16(11)14(17)13-8-10-4-1-2-6-12(10)18-13;/h1-2,4,6,11,13H,3,5,7-9,15H2;1H. The lowest BCUT2D eigenvalue weighted by Crippen LogP contribution is -2.44. The van der Waals surface area contributed by atoms with Gasteiger partial charge in [0.05, 0.1) is 5.25 Å². The average molecular weight is 299 g/mol. The summed E-state index contributed by atoms with van der Waals surface area (Å²) in [5.41, 5.74) is 7.05. The number of halogens is 1. The number of fused-ring (bicyclic) bond motifs is 1. The first-order valence-electron chi connectivity index (χ1n) is 6.54. The van der Waals surface area contributed by atoms with Crippen molar-refractivity contribution in [2.24, 2.45) is 5.73 Å². The quantitative estimate of drug-likeness (QED) is 0.909. The largest absolute Gasteiger partial charge is 0.337 e. The van der Waals surface area contributed by atoms with Crippen LogP contribution in [0.4, 0.5) is 0 Å². The van der Waals surface area contributed by atoms with Crippen LogP contribution in [0, 0.1) is 0 Å². The monoisotopic (exact) mass is 298 g/mol. The van der Waals surface area contributed by atoms with Crippen LogP contribution in [0.5, 0.6) is 0 Å². The highest BCUT2D eigenvalue weighted by Gasteiger charge is 2.35. The van der Waals surface area contributed by atoms with Gasteiger partial charge in [-0.15, -0.1) is 24.2 Å². The number of nitrogens with two attached hydrogens (primary N) is 1. The molecule has 5 heteroatoms. The van der Waals surface area contributed by atoms with Crippen LogP contribution in [0.3, 0.4) is 0 Å². The number of nitrogens with zero attached hydrogens (tertiary/aromatic N) is 1. The zero-order valence-electron chi connectivity index (χ0n) is 10.7. The Labute approximate surface area is 124 Å². The topological polar surface area (TPSA) is 46.3 Å². The lowest BCUT2D eigenvalue weighted by Gasteiger charge is -2.26. The molecule has 0 aliphatic carbocycles. The van der Waals surface area contributed by atoms with E-state index in [1.54, 1.807) is 11.8 Å². The Kier molecular flexibility index (Phi) is 4.76. The highest BCUT2D eigenvalue weighted by molar-refractivity contribution is 8.01. The predicted octanol–water partition coefficient (Wildman–Crippen LogP) is 2.07. The predicted molar refractivity (Wildman–Crippen MR) is 80.8 cm³/mol. The summed E-state index contributed by atoms with van der Waals surface area (Å²) in [5.74, 6) is 0.282. The molecular weight excluding hydrogens is 280 g/mol. The Morgan fingerprint density at radius 2 is 2.21 bits per heavy atom. The van der Waals surface area contributed by atoms with Gasteiger partial charge in [-0.05, 0) is 30.9 Å². The molecule has 1 amide bonds. The van der Waals surface area contributed by atoms with E-state index in [2.05, 4.69) is 12.1 Å². The Balaban J connectivity index is 0.00000133. The average Bonchev–Trinajstić information content (AvgIpc) is 3.03. The number of carbonyl (C=O) groups is 1. The molecule has 2 atom stereocenters. The van der Waals surface area contributed by atoms with Gasteiger partial charge in [-0.1, -0.05) is 18.2 Å². The maximum Gasteiger partial charge on any atom is 0.236 e. The fourth-order valence-electron chi connectivity index (χ4n) is 2.88. The molecule has 0 aromatic heterocycles. The summed E-state index contributed by atoms with van der Waals surface area (Å²) in [6.07, 6.45) is 3.03. The molecule has 3 nitrogen and oxygen atoms in total. The number of rotatable bonds is 2. The Morgan fingerprint density at radius 3 is 2.95 bits per heavy atom. The molecule has 3 rings (SSSR count). The van der Waals surface area contributed by atoms with Crippen molar-refractivity contribution in [2.75, 3.05) is 13.1 Å². The Hall–Kier alpha value is -0.710. The molecule has 2 aliphatic heterocycles. The molecule has 1 aromatic rings. The van der Waals surface area contributed by atoms with E-state index < -0.39 is 0 Å². The maximum atomic E-state index is 12.5. The fourth-order valence-corrected chi connectivity index (χ4v) is 4.14. The minimum atomic E-state index is 0. The van der Waals surface area contributed by atoms with Gasteiger partial charge in [-0.25, -0.2) is 0 Å². The molecule has 2 heterocycles. The van der Waals surface area contributed by atoms with Crippen LogP contribution in [-0.2, 0) is 11.2 Å². The Morgan fingerprint density at radius 1 is 1.42 bits per heavy atom. The number of amides is 1. The molecular formula is C14H19ClN2OS. The Bertz CT molecular complexity index is 444. The highest BCUT2D eigenvalue weighted by atomic mass is 35.5. The molecule has 1 fully saturated rings. The van der Waals surface area contributed by atoms with Crippen LogP contribution < -0.4 is 5.73 Å². The third-order valence-corrected chi connectivity index (χ3v) is 5.16. The van der Waals surface area contributed by atoms with Gasteiger partial charge in [-0.3, -0.25) is 4.79 Å². The van der Waals surface area contributed by atoms with Gasteiger partial charge < -0.3 is 10.6 Å². The number of hydrogen-bond acceptors (Lipinski definition) is 3. The third kappa shape index (κ3) is 2.76. The van der Waals surface area contributed by atoms with Crippen LogP contribution in [0.25, 0.3) is 0 Å². The second-order valence-corrected chi connectivity index (χ2v) is 6.23. The fraction of sp³-hybridized carbons (Fsp3) is 0.500. The molecule has 104 valence electrons. The van der Waals surface area contributed by atoms with Crippen molar-refractivity contribution in [2.45, 2.75) is 35.4 Å². The van der Waals surface area contributed by atoms with Crippen molar-refractivity contribution in [3.63, 3.8) is 0 Å². The molecule has 1 saturated heterocycles. The summed E-state index contributed by atoms with van der Waals surface area (Å²) in [7, 11) is 0. The number of carbonyl (C=O) groups excluding carboxylic acids is 1. The van der Waals surface area contributed by atoms with Crippen LogP contribution in [-0.4, -0.2) is 35.2 Å². The zero-order valence-corrected chi connectivity index (χ0v) is 12.4. The van der Waals surface area contributed by atoms with Crippen molar-refractivity contribution in [1.29, 1.82) is 0 Å². The summed E-state index contributed by atoms with van der Waals surface area (Å²) in [5, 5.41) is 0.0644. The second kappa shape index (κ2) is 6.16. The molecule has 1 aromatic carbocycles. The van der Waals surface area contributed by atoms with E-state index in [9.17, 15) is 4.79 Å². The van der Waals surface area contributed by atoms with E-state index in [0.717, 1.165) is 25.8 Å². The van der Waals surface area contributed by atoms with Gasteiger partial charge in [0, 0.05) is 24.0 Å². The van der Waals surface area contributed by atoms with Crippen molar-refractivity contribution in [3.05, 3.63) is 29.8 Å². The maximum absolute atomic E-state index is 12.5. The van der Waals surface area contributed by atoms with Crippen LogP contribution in [0.15, 0.2) is 29.2 Å². The van der Waals surface area contributed by atoms with Crippen molar-refractivity contribution < 1.29 is 4.79 Å². The van der Waals surface area contributed by atoms with Gasteiger partial charge in [0.25, 0.3) is 0 Å². The van der Waals surface area contributed by atoms with Gasteiger partial charge in [-0.2, -0.15) is 0 Å². The molecule has 0 radical (unpaired) electrons. The van der Waals surface area contributed by atoms with E-state index in [0.29, 0.717) is 6.54 Å². The summed E-state index contributed by atoms with van der Waals surface area (Å²) < 4.78 is 0. The normalized spacial score (nSPS) is 25.0. The minimum absolute atomic E-state index is 0. The van der Waals surface area contributed by atoms with Gasteiger partial charge in [0.1, 0.15) is 0 Å². The van der Waals surface area contributed by atoms with Crippen molar-refractivity contribution in [3.8, 4) is 0 Å². The molecule has 0 bridgehead atoms. The minimum Gasteiger partial charge on any atom is -0.337 e. The first kappa shape index (κ1) is 14.7. The van der Waals surface area contributed by atoms with Crippen LogP contribution >= 0.6 is 24.2 Å². The summed E-state index contributed by atoms with van der Waals surface area (Å²) in [6.45, 7) is 1.48. The third-order valence-electron chi connectivity index (χ3n) is 3.85. The van der Waals surface area contributed by atoms with Crippen LogP contribution in [0.2, 0.25) is 0 Å². The first-order valence-corrected chi connectivity index (χ1v) is 7.42. The van der Waals surface area contributed by atoms with Crippen molar-refractivity contribution >= 4 is 30.1 Å². The second-order valence-electron chi connectivity index (χ2n) is 4.98. The highest BCUT2D eigenvalue weighted by Crippen LogP contribution is 2.38. The van der Waals surface area contributed by atoms with E-state index in [-0.39, 0.29) is 29.6 Å². The van der Waals surface area contributed by atoms with Gasteiger partial charge in [0.15, 0.2) is 0 Å². The summed E-state index contributed by atoms with van der Waals surface area (Å²) >= 11 is 1.71. The molecule has 19 heavy (non-hydrogen) atoms. The lowest BCUT2D eigenvalue weighted by atomic mass is 10.1. The van der Waals surface area contributed by atoms with E-state index in [1.165, 1.54) is 10.5 Å². The molecule has 0 spiro atoms.